The Morgan fingerprint density at radius 1 is 1.00 bits per heavy atom. The zero-order chi connectivity index (χ0) is 15.6. The molecular weight excluding hydrogens is 342 g/mol. The predicted molar refractivity (Wildman–Crippen MR) is 96.0 cm³/mol. The van der Waals surface area contributed by atoms with Gasteiger partial charge in [-0.25, -0.2) is 0 Å². The summed E-state index contributed by atoms with van der Waals surface area (Å²) in [6.45, 7) is 8.70. The van der Waals surface area contributed by atoms with E-state index >= 15 is 0 Å². The minimum absolute atomic E-state index is 0.0458. The van der Waals surface area contributed by atoms with Crippen LogP contribution in [0, 0.1) is 0 Å². The molecule has 1 unspecified atom stereocenters. The molecule has 21 heavy (non-hydrogen) atoms. The molecule has 1 atom stereocenters. The van der Waals surface area contributed by atoms with Crippen molar-refractivity contribution in [1.29, 1.82) is 0 Å². The van der Waals surface area contributed by atoms with Crippen LogP contribution in [-0.4, -0.2) is 0 Å². The van der Waals surface area contributed by atoms with Gasteiger partial charge in [-0.3, -0.25) is 0 Å². The van der Waals surface area contributed by atoms with Crippen LogP contribution in [0.3, 0.4) is 0 Å². The Labute approximate surface area is 140 Å². The summed E-state index contributed by atoms with van der Waals surface area (Å²) in [5.41, 5.74) is 8.64. The molecule has 2 aromatic carbocycles. The molecule has 0 saturated carbocycles. The Bertz CT molecular complexity index is 612. The summed E-state index contributed by atoms with van der Waals surface area (Å²) in [6, 6.07) is 15.2. The molecule has 2 N–H and O–H groups in total. The van der Waals surface area contributed by atoms with Gasteiger partial charge in [-0.2, -0.15) is 0 Å². The molecule has 0 aliphatic rings. The fraction of sp³-hybridized carbons (Fsp3) is 0.333. The van der Waals surface area contributed by atoms with Gasteiger partial charge >= 0.3 is 0 Å². The first-order valence-corrected chi connectivity index (χ1v) is 8.72. The highest BCUT2D eigenvalue weighted by Crippen LogP contribution is 2.33. The van der Waals surface area contributed by atoms with Gasteiger partial charge in [0.1, 0.15) is 0 Å². The molecule has 0 spiro atoms. The van der Waals surface area contributed by atoms with E-state index in [9.17, 15) is 0 Å². The van der Waals surface area contributed by atoms with Crippen molar-refractivity contribution in [2.75, 3.05) is 0 Å². The number of halogens is 1. The van der Waals surface area contributed by atoms with Gasteiger partial charge in [-0.1, -0.05) is 66.7 Å². The van der Waals surface area contributed by atoms with Crippen LogP contribution < -0.4 is 5.73 Å². The fourth-order valence-electron chi connectivity index (χ4n) is 2.10. The topological polar surface area (TPSA) is 26.0 Å². The van der Waals surface area contributed by atoms with E-state index in [2.05, 4.69) is 79.2 Å². The first-order chi connectivity index (χ1) is 9.77. The maximum absolute atomic E-state index is 5.94. The van der Waals surface area contributed by atoms with Gasteiger partial charge in [0, 0.05) is 20.3 Å². The second-order valence-electron chi connectivity index (χ2n) is 6.35. The normalized spacial score (nSPS) is 13.2. The van der Waals surface area contributed by atoms with E-state index in [4.69, 9.17) is 5.73 Å². The summed E-state index contributed by atoms with van der Waals surface area (Å²) < 4.78 is 1.08. The molecule has 2 aromatic rings. The van der Waals surface area contributed by atoms with E-state index in [0.29, 0.717) is 0 Å². The predicted octanol–water partition coefficient (Wildman–Crippen LogP) is 5.92. The van der Waals surface area contributed by atoms with Crippen LogP contribution in [0.25, 0.3) is 0 Å². The molecule has 2 rings (SSSR count). The van der Waals surface area contributed by atoms with Gasteiger partial charge in [-0.05, 0) is 47.7 Å². The first-order valence-electron chi connectivity index (χ1n) is 7.11. The minimum atomic E-state index is 0.0458. The maximum Gasteiger partial charge on any atom is 0.0277 e. The summed E-state index contributed by atoms with van der Waals surface area (Å²) in [5.74, 6) is 0. The van der Waals surface area contributed by atoms with Crippen molar-refractivity contribution in [2.45, 2.75) is 48.9 Å². The van der Waals surface area contributed by atoms with Gasteiger partial charge in [0.2, 0.25) is 0 Å². The molecular formula is C18H22BrNS. The second kappa shape index (κ2) is 6.55. The van der Waals surface area contributed by atoms with E-state index in [1.165, 1.54) is 15.4 Å². The fourth-order valence-corrected chi connectivity index (χ4v) is 3.85. The molecule has 0 saturated heterocycles. The quantitative estimate of drug-likeness (QED) is 0.732. The van der Waals surface area contributed by atoms with Crippen molar-refractivity contribution in [3.63, 3.8) is 0 Å². The zero-order valence-electron chi connectivity index (χ0n) is 13.0. The average Bonchev–Trinajstić information content (AvgIpc) is 2.38. The molecule has 0 amide bonds. The summed E-state index contributed by atoms with van der Waals surface area (Å²) in [6.07, 6.45) is 0. The number of rotatable bonds is 3. The SMILES string of the molecule is CC(N)c1ccc(Sc2ccc(C(C)(C)C)cc2)cc1Br. The third-order valence-electron chi connectivity index (χ3n) is 3.42. The van der Waals surface area contributed by atoms with E-state index in [1.807, 2.05) is 6.92 Å². The number of benzene rings is 2. The number of hydrogen-bond acceptors (Lipinski definition) is 2. The van der Waals surface area contributed by atoms with Gasteiger partial charge in [-0.15, -0.1) is 0 Å². The molecule has 0 bridgehead atoms. The van der Waals surface area contributed by atoms with Gasteiger partial charge in [0.25, 0.3) is 0 Å². The number of nitrogens with two attached hydrogens (primary N) is 1. The molecule has 0 radical (unpaired) electrons. The smallest absolute Gasteiger partial charge is 0.0277 e. The molecule has 0 heterocycles. The summed E-state index contributed by atoms with van der Waals surface area (Å²) >= 11 is 5.38. The summed E-state index contributed by atoms with van der Waals surface area (Å²) in [5, 5.41) is 0. The molecule has 0 aliphatic carbocycles. The highest BCUT2D eigenvalue weighted by molar-refractivity contribution is 9.10. The second-order valence-corrected chi connectivity index (χ2v) is 8.35. The van der Waals surface area contributed by atoms with Gasteiger partial charge < -0.3 is 5.73 Å². The first kappa shape index (κ1) is 16.6. The maximum atomic E-state index is 5.94. The average molecular weight is 364 g/mol. The van der Waals surface area contributed by atoms with E-state index in [-0.39, 0.29) is 11.5 Å². The third kappa shape index (κ3) is 4.35. The van der Waals surface area contributed by atoms with Crippen LogP contribution in [-0.2, 0) is 5.41 Å². The monoisotopic (exact) mass is 363 g/mol. The molecule has 0 aliphatic heterocycles. The Kier molecular flexibility index (Phi) is 5.18. The zero-order valence-corrected chi connectivity index (χ0v) is 15.4. The molecule has 3 heteroatoms. The summed E-state index contributed by atoms with van der Waals surface area (Å²) in [4.78, 5) is 2.47. The Morgan fingerprint density at radius 3 is 2.05 bits per heavy atom. The van der Waals surface area contributed by atoms with Crippen LogP contribution >= 0.6 is 27.7 Å². The van der Waals surface area contributed by atoms with Crippen LogP contribution in [0.4, 0.5) is 0 Å². The lowest BCUT2D eigenvalue weighted by Crippen LogP contribution is -2.10. The van der Waals surface area contributed by atoms with Crippen molar-refractivity contribution >= 4 is 27.7 Å². The lowest BCUT2D eigenvalue weighted by molar-refractivity contribution is 0.590. The standard InChI is InChI=1S/C18H22BrNS/c1-12(20)16-10-9-15(11-17(16)19)21-14-7-5-13(6-8-14)18(2,3)4/h5-12H,20H2,1-4H3. The minimum Gasteiger partial charge on any atom is -0.324 e. The van der Waals surface area contributed by atoms with Crippen molar-refractivity contribution in [3.05, 3.63) is 58.1 Å². The molecule has 112 valence electrons. The van der Waals surface area contributed by atoms with Crippen molar-refractivity contribution < 1.29 is 0 Å². The Balaban J connectivity index is 2.17. The molecule has 1 nitrogen and oxygen atoms in total. The van der Waals surface area contributed by atoms with E-state index in [1.54, 1.807) is 11.8 Å². The van der Waals surface area contributed by atoms with Crippen LogP contribution in [0.2, 0.25) is 0 Å². The molecule has 0 aromatic heterocycles. The van der Waals surface area contributed by atoms with Gasteiger partial charge in [0.05, 0.1) is 0 Å². The lowest BCUT2D eigenvalue weighted by Gasteiger charge is -2.19. The van der Waals surface area contributed by atoms with Crippen molar-refractivity contribution in [1.82, 2.24) is 0 Å². The Morgan fingerprint density at radius 2 is 1.57 bits per heavy atom. The van der Waals surface area contributed by atoms with Crippen LogP contribution in [0.15, 0.2) is 56.7 Å². The number of hydrogen-bond donors (Lipinski definition) is 1. The van der Waals surface area contributed by atoms with E-state index in [0.717, 1.165) is 10.0 Å². The van der Waals surface area contributed by atoms with Crippen molar-refractivity contribution in [2.24, 2.45) is 5.73 Å². The van der Waals surface area contributed by atoms with Gasteiger partial charge in [0.15, 0.2) is 0 Å². The lowest BCUT2D eigenvalue weighted by atomic mass is 9.87. The largest absolute Gasteiger partial charge is 0.324 e. The summed E-state index contributed by atoms with van der Waals surface area (Å²) in [7, 11) is 0. The Hall–Kier alpha value is -0.770. The van der Waals surface area contributed by atoms with E-state index < -0.39 is 0 Å². The van der Waals surface area contributed by atoms with Crippen molar-refractivity contribution in [3.8, 4) is 0 Å². The highest BCUT2D eigenvalue weighted by atomic mass is 79.9. The molecule has 0 fully saturated rings. The highest BCUT2D eigenvalue weighted by Gasteiger charge is 2.13. The third-order valence-corrected chi connectivity index (χ3v) is 5.10. The van der Waals surface area contributed by atoms with Crippen LogP contribution in [0.5, 0.6) is 0 Å². The van der Waals surface area contributed by atoms with Crippen LogP contribution in [0.1, 0.15) is 44.9 Å².